The van der Waals surface area contributed by atoms with Gasteiger partial charge in [0.25, 0.3) is 0 Å². The molecular formula is C11H26N4O. The summed E-state index contributed by atoms with van der Waals surface area (Å²) < 4.78 is 0. The number of likely N-dealkylation sites (N-methyl/N-ethyl adjacent to an activating group) is 1. The van der Waals surface area contributed by atoms with E-state index in [1.807, 2.05) is 6.92 Å². The lowest BCUT2D eigenvalue weighted by Crippen LogP contribution is -2.44. The highest BCUT2D eigenvalue weighted by atomic mass is 16.4. The zero-order chi connectivity index (χ0) is 12.4. The van der Waals surface area contributed by atoms with Crippen molar-refractivity contribution in [2.75, 3.05) is 26.2 Å². The maximum absolute atomic E-state index is 8.59. The molecule has 0 heterocycles. The summed E-state index contributed by atoms with van der Waals surface area (Å²) in [5.74, 6) is 0.265. The number of oxime groups is 1. The van der Waals surface area contributed by atoms with Crippen molar-refractivity contribution >= 4 is 5.84 Å². The van der Waals surface area contributed by atoms with Gasteiger partial charge in [0.1, 0.15) is 0 Å². The Bertz CT molecular complexity index is 196. The van der Waals surface area contributed by atoms with Crippen molar-refractivity contribution < 1.29 is 5.21 Å². The molecule has 0 amide bonds. The minimum atomic E-state index is -0.0228. The van der Waals surface area contributed by atoms with Crippen molar-refractivity contribution in [3.63, 3.8) is 0 Å². The molecule has 0 saturated carbocycles. The Morgan fingerprint density at radius 2 is 2.06 bits per heavy atom. The zero-order valence-corrected chi connectivity index (χ0v) is 10.7. The quantitative estimate of drug-likeness (QED) is 0.237. The van der Waals surface area contributed by atoms with E-state index in [9.17, 15) is 0 Å². The average Bonchev–Trinajstić information content (AvgIpc) is 2.32. The maximum Gasteiger partial charge on any atom is 0.156 e. The van der Waals surface area contributed by atoms with Gasteiger partial charge in [0.2, 0.25) is 0 Å². The van der Waals surface area contributed by atoms with Crippen LogP contribution in [0.3, 0.4) is 0 Å². The van der Waals surface area contributed by atoms with Crippen LogP contribution >= 0.6 is 0 Å². The number of nitrogens with zero attached hydrogens (tertiary/aromatic N) is 2. The Hall–Kier alpha value is -0.810. The lowest BCUT2D eigenvalue weighted by Gasteiger charge is -2.22. The Morgan fingerprint density at radius 1 is 1.38 bits per heavy atom. The van der Waals surface area contributed by atoms with Gasteiger partial charge in [-0.2, -0.15) is 0 Å². The van der Waals surface area contributed by atoms with Gasteiger partial charge in [-0.05, 0) is 25.9 Å². The molecule has 4 N–H and O–H groups in total. The third-order valence-electron chi connectivity index (χ3n) is 2.69. The Kier molecular flexibility index (Phi) is 8.94. The van der Waals surface area contributed by atoms with Crippen LogP contribution in [-0.2, 0) is 0 Å². The molecule has 1 unspecified atom stereocenters. The van der Waals surface area contributed by atoms with Crippen LogP contribution in [0, 0.1) is 0 Å². The molecule has 0 bridgehead atoms. The van der Waals surface area contributed by atoms with Crippen molar-refractivity contribution in [1.82, 2.24) is 10.2 Å². The molecule has 0 aliphatic heterocycles. The summed E-state index contributed by atoms with van der Waals surface area (Å²) in [6.07, 6.45) is 2.00. The molecule has 5 nitrogen and oxygen atoms in total. The van der Waals surface area contributed by atoms with Crippen molar-refractivity contribution in [1.29, 1.82) is 0 Å². The first-order valence-electron chi connectivity index (χ1n) is 6.12. The van der Waals surface area contributed by atoms with E-state index in [0.717, 1.165) is 32.6 Å². The number of amidine groups is 1. The van der Waals surface area contributed by atoms with Crippen LogP contribution in [0.1, 0.15) is 33.6 Å². The molecule has 0 rings (SSSR count). The van der Waals surface area contributed by atoms with E-state index in [2.05, 4.69) is 29.2 Å². The fourth-order valence-electron chi connectivity index (χ4n) is 1.67. The minimum Gasteiger partial charge on any atom is -0.409 e. The molecule has 5 heteroatoms. The number of rotatable bonds is 9. The van der Waals surface area contributed by atoms with E-state index in [0.29, 0.717) is 0 Å². The average molecular weight is 230 g/mol. The fourth-order valence-corrected chi connectivity index (χ4v) is 1.67. The second kappa shape index (κ2) is 9.42. The molecule has 96 valence electrons. The highest BCUT2D eigenvalue weighted by Crippen LogP contribution is 1.93. The van der Waals surface area contributed by atoms with Crippen molar-refractivity contribution in [3.05, 3.63) is 0 Å². The number of nitrogens with two attached hydrogens (primary N) is 1. The first-order chi connectivity index (χ1) is 7.69. The number of hydrogen-bond acceptors (Lipinski definition) is 4. The summed E-state index contributed by atoms with van der Waals surface area (Å²) in [6, 6.07) is -0.0228. The molecule has 0 aliphatic carbocycles. The summed E-state index contributed by atoms with van der Waals surface area (Å²) in [7, 11) is 0. The maximum atomic E-state index is 8.59. The van der Waals surface area contributed by atoms with Gasteiger partial charge >= 0.3 is 0 Å². The van der Waals surface area contributed by atoms with E-state index < -0.39 is 0 Å². The monoisotopic (exact) mass is 230 g/mol. The number of hydrogen-bond donors (Lipinski definition) is 3. The van der Waals surface area contributed by atoms with Gasteiger partial charge in [0.15, 0.2) is 5.84 Å². The summed E-state index contributed by atoms with van der Waals surface area (Å²) in [6.45, 7) is 10.4. The number of nitrogens with one attached hydrogen (secondary N) is 1. The van der Waals surface area contributed by atoms with Gasteiger partial charge in [-0.3, -0.25) is 0 Å². The van der Waals surface area contributed by atoms with Gasteiger partial charge in [-0.1, -0.05) is 25.9 Å². The topological polar surface area (TPSA) is 73.9 Å². The van der Waals surface area contributed by atoms with Gasteiger partial charge in [-0.15, -0.1) is 0 Å². The first kappa shape index (κ1) is 15.2. The normalized spacial score (nSPS) is 14.4. The fraction of sp³-hybridized carbons (Fsp3) is 0.909. The van der Waals surface area contributed by atoms with Gasteiger partial charge in [0, 0.05) is 13.1 Å². The van der Waals surface area contributed by atoms with Gasteiger partial charge in [-0.25, -0.2) is 0 Å². The molecule has 1 atom stereocenters. The molecule has 0 fully saturated rings. The van der Waals surface area contributed by atoms with E-state index in [-0.39, 0.29) is 11.9 Å². The summed E-state index contributed by atoms with van der Waals surface area (Å²) >= 11 is 0. The van der Waals surface area contributed by atoms with Crippen LogP contribution in [-0.4, -0.2) is 48.2 Å². The Labute approximate surface area is 98.7 Å². The van der Waals surface area contributed by atoms with Crippen LogP contribution in [0.5, 0.6) is 0 Å². The first-order valence-corrected chi connectivity index (χ1v) is 6.12. The predicted octanol–water partition coefficient (Wildman–Crippen LogP) is 0.833. The highest BCUT2D eigenvalue weighted by Gasteiger charge is 2.10. The second-order valence-corrected chi connectivity index (χ2v) is 3.87. The van der Waals surface area contributed by atoms with E-state index in [1.54, 1.807) is 0 Å². The van der Waals surface area contributed by atoms with Crippen LogP contribution in [0.2, 0.25) is 0 Å². The molecule has 0 aromatic carbocycles. The molecule has 0 aromatic rings. The van der Waals surface area contributed by atoms with Crippen LogP contribution < -0.4 is 11.1 Å². The lowest BCUT2D eigenvalue weighted by molar-refractivity contribution is 0.284. The van der Waals surface area contributed by atoms with E-state index >= 15 is 0 Å². The summed E-state index contributed by atoms with van der Waals surface area (Å²) in [5.41, 5.74) is 5.56. The zero-order valence-electron chi connectivity index (χ0n) is 10.7. The smallest absolute Gasteiger partial charge is 0.156 e. The second-order valence-electron chi connectivity index (χ2n) is 3.87. The van der Waals surface area contributed by atoms with Gasteiger partial charge in [0.05, 0.1) is 6.04 Å². The van der Waals surface area contributed by atoms with Crippen LogP contribution in [0.25, 0.3) is 0 Å². The van der Waals surface area contributed by atoms with E-state index in [1.165, 1.54) is 6.42 Å². The molecule has 0 saturated heterocycles. The van der Waals surface area contributed by atoms with E-state index in [4.69, 9.17) is 10.9 Å². The Balaban J connectivity index is 3.85. The summed E-state index contributed by atoms with van der Waals surface area (Å²) in [5, 5.41) is 14.9. The molecule has 0 radical (unpaired) electrons. The molecule has 0 aromatic heterocycles. The molecule has 0 aliphatic rings. The van der Waals surface area contributed by atoms with Gasteiger partial charge < -0.3 is 21.2 Å². The largest absolute Gasteiger partial charge is 0.409 e. The molecule has 16 heavy (non-hydrogen) atoms. The third kappa shape index (κ3) is 5.92. The van der Waals surface area contributed by atoms with Crippen molar-refractivity contribution in [2.24, 2.45) is 10.9 Å². The van der Waals surface area contributed by atoms with Crippen LogP contribution in [0.15, 0.2) is 5.16 Å². The van der Waals surface area contributed by atoms with Crippen LogP contribution in [0.4, 0.5) is 0 Å². The highest BCUT2D eigenvalue weighted by molar-refractivity contribution is 5.85. The third-order valence-corrected chi connectivity index (χ3v) is 2.69. The van der Waals surface area contributed by atoms with Crippen molar-refractivity contribution in [3.8, 4) is 0 Å². The summed E-state index contributed by atoms with van der Waals surface area (Å²) in [4.78, 5) is 2.38. The Morgan fingerprint density at radius 3 is 2.50 bits per heavy atom. The molecule has 0 spiro atoms. The molecular weight excluding hydrogens is 204 g/mol. The minimum absolute atomic E-state index is 0.0228. The SMILES string of the molecule is CCCN(CC)CCNC(CC)C(N)=NO. The predicted molar refractivity (Wildman–Crippen MR) is 67.9 cm³/mol. The standard InChI is InChI=1S/C11H26N4O/c1-4-8-15(6-3)9-7-13-10(5-2)11(12)14-16/h10,13,16H,4-9H2,1-3H3,(H2,12,14). The van der Waals surface area contributed by atoms with Crippen molar-refractivity contribution in [2.45, 2.75) is 39.7 Å². The lowest BCUT2D eigenvalue weighted by atomic mass is 10.2.